The molecule has 0 atom stereocenters. The lowest BCUT2D eigenvalue weighted by Crippen LogP contribution is -2.56. The summed E-state index contributed by atoms with van der Waals surface area (Å²) < 4.78 is 0. The van der Waals surface area contributed by atoms with E-state index in [0.29, 0.717) is 29.4 Å². The predicted octanol–water partition coefficient (Wildman–Crippen LogP) is 1.04. The summed E-state index contributed by atoms with van der Waals surface area (Å²) in [6.45, 7) is 0. The molecule has 2 heterocycles. The van der Waals surface area contributed by atoms with E-state index in [1.165, 1.54) is 0 Å². The molecule has 1 fully saturated rings. The zero-order valence-corrected chi connectivity index (χ0v) is 11.9. The Morgan fingerprint density at radius 3 is 2.67 bits per heavy atom. The fraction of sp³-hybridized carbons (Fsp3) is 0.385. The van der Waals surface area contributed by atoms with Gasteiger partial charge in [0, 0.05) is 5.56 Å². The van der Waals surface area contributed by atoms with E-state index in [1.807, 2.05) is 0 Å². The molecule has 8 heteroatoms. The number of H-pyrrole nitrogens is 1. The molecule has 2 aromatic rings. The lowest BCUT2D eigenvalue weighted by atomic mass is 9.92. The molecule has 1 aliphatic heterocycles. The van der Waals surface area contributed by atoms with Crippen LogP contribution in [-0.2, 0) is 4.79 Å². The van der Waals surface area contributed by atoms with Gasteiger partial charge in [-0.3, -0.25) is 4.79 Å². The molecule has 1 saturated heterocycles. The van der Waals surface area contributed by atoms with Crippen LogP contribution < -0.4 is 5.32 Å². The van der Waals surface area contributed by atoms with Crippen LogP contribution in [0.4, 0.5) is 0 Å². The number of benzene rings is 1. The summed E-state index contributed by atoms with van der Waals surface area (Å²) in [7, 11) is 0. The van der Waals surface area contributed by atoms with E-state index in [1.54, 1.807) is 30.0 Å². The Labute approximate surface area is 124 Å². The van der Waals surface area contributed by atoms with Crippen molar-refractivity contribution in [3.8, 4) is 0 Å². The molecule has 0 radical (unpaired) electrons. The van der Waals surface area contributed by atoms with Crippen molar-refractivity contribution in [2.45, 2.75) is 18.4 Å². The molecule has 21 heavy (non-hydrogen) atoms. The first kappa shape index (κ1) is 13.9. The Morgan fingerprint density at radius 1 is 1.24 bits per heavy atom. The molecule has 0 bridgehead atoms. The number of aliphatic carboxylic acids is 1. The van der Waals surface area contributed by atoms with E-state index in [2.05, 4.69) is 20.7 Å². The van der Waals surface area contributed by atoms with Gasteiger partial charge in [-0.2, -0.15) is 27.2 Å². The summed E-state index contributed by atoms with van der Waals surface area (Å²) in [5, 5.41) is 22.5. The molecular formula is C13H14N4O3S. The lowest BCUT2D eigenvalue weighted by molar-refractivity contribution is -0.144. The number of nitrogens with one attached hydrogen (secondary N) is 2. The second kappa shape index (κ2) is 5.36. The fourth-order valence-electron chi connectivity index (χ4n) is 2.38. The van der Waals surface area contributed by atoms with Crippen LogP contribution in [0.25, 0.3) is 11.0 Å². The molecule has 0 saturated carbocycles. The lowest BCUT2D eigenvalue weighted by Gasteiger charge is -2.33. The maximum Gasteiger partial charge on any atom is 0.329 e. The first-order valence-electron chi connectivity index (χ1n) is 6.55. The second-order valence-electron chi connectivity index (χ2n) is 4.98. The summed E-state index contributed by atoms with van der Waals surface area (Å²) in [5.41, 5.74) is 0.455. The number of carboxylic acids is 1. The average Bonchev–Trinajstić information content (AvgIpc) is 2.95. The minimum Gasteiger partial charge on any atom is -0.480 e. The fourth-order valence-corrected chi connectivity index (χ4v) is 3.57. The third-order valence-corrected chi connectivity index (χ3v) is 4.67. The van der Waals surface area contributed by atoms with Gasteiger partial charge in [0.15, 0.2) is 0 Å². The standard InChI is InChI=1S/C13H14N4O3S/c18-11(8-1-2-9-10(7-8)16-17-15-9)14-13(12(19)20)3-5-21-6-4-13/h1-2,7H,3-6H2,(H,14,18)(H,19,20)(H,15,16,17). The van der Waals surface area contributed by atoms with Crippen molar-refractivity contribution in [1.29, 1.82) is 0 Å². The number of aromatic nitrogens is 3. The van der Waals surface area contributed by atoms with E-state index < -0.39 is 17.4 Å². The highest BCUT2D eigenvalue weighted by Gasteiger charge is 2.41. The molecule has 0 unspecified atom stereocenters. The Kier molecular flexibility index (Phi) is 3.54. The summed E-state index contributed by atoms with van der Waals surface area (Å²) in [6, 6.07) is 4.90. The van der Waals surface area contributed by atoms with Gasteiger partial charge in [0.25, 0.3) is 5.91 Å². The Bertz CT molecular complexity index is 694. The van der Waals surface area contributed by atoms with Crippen LogP contribution in [0.5, 0.6) is 0 Å². The predicted molar refractivity (Wildman–Crippen MR) is 78.3 cm³/mol. The summed E-state index contributed by atoms with van der Waals surface area (Å²) in [4.78, 5) is 23.9. The first-order valence-corrected chi connectivity index (χ1v) is 7.70. The zero-order valence-electron chi connectivity index (χ0n) is 11.1. The number of aromatic amines is 1. The van der Waals surface area contributed by atoms with Crippen molar-refractivity contribution in [2.75, 3.05) is 11.5 Å². The van der Waals surface area contributed by atoms with Gasteiger partial charge in [-0.1, -0.05) is 0 Å². The van der Waals surface area contributed by atoms with Crippen LogP contribution in [0.1, 0.15) is 23.2 Å². The molecule has 110 valence electrons. The van der Waals surface area contributed by atoms with Gasteiger partial charge in [-0.05, 0) is 42.5 Å². The molecule has 1 aromatic heterocycles. The van der Waals surface area contributed by atoms with Gasteiger partial charge in [-0.15, -0.1) is 0 Å². The van der Waals surface area contributed by atoms with Crippen molar-refractivity contribution < 1.29 is 14.7 Å². The monoisotopic (exact) mass is 306 g/mol. The number of rotatable bonds is 3. The van der Waals surface area contributed by atoms with Gasteiger partial charge < -0.3 is 10.4 Å². The minimum atomic E-state index is -1.17. The van der Waals surface area contributed by atoms with E-state index in [0.717, 1.165) is 11.5 Å². The molecule has 3 rings (SSSR count). The number of thioether (sulfide) groups is 1. The maximum atomic E-state index is 12.3. The number of carbonyl (C=O) groups excluding carboxylic acids is 1. The largest absolute Gasteiger partial charge is 0.480 e. The summed E-state index contributed by atoms with van der Waals surface area (Å²) in [6.07, 6.45) is 0.871. The molecule has 1 aromatic carbocycles. The highest BCUT2D eigenvalue weighted by molar-refractivity contribution is 7.99. The van der Waals surface area contributed by atoms with Gasteiger partial charge in [0.05, 0.1) is 0 Å². The number of carboxylic acid groups (broad SMARTS) is 1. The van der Waals surface area contributed by atoms with Gasteiger partial charge in [-0.25, -0.2) is 4.79 Å². The number of amides is 1. The van der Waals surface area contributed by atoms with Crippen molar-refractivity contribution in [2.24, 2.45) is 0 Å². The number of carbonyl (C=O) groups is 2. The quantitative estimate of drug-likeness (QED) is 0.782. The van der Waals surface area contributed by atoms with E-state index in [9.17, 15) is 14.7 Å². The highest BCUT2D eigenvalue weighted by atomic mass is 32.2. The smallest absolute Gasteiger partial charge is 0.329 e. The van der Waals surface area contributed by atoms with Gasteiger partial charge >= 0.3 is 5.97 Å². The van der Waals surface area contributed by atoms with E-state index in [4.69, 9.17) is 0 Å². The van der Waals surface area contributed by atoms with Crippen LogP contribution >= 0.6 is 11.8 Å². The number of fused-ring (bicyclic) bond motifs is 1. The third kappa shape index (κ3) is 2.58. The third-order valence-electron chi connectivity index (χ3n) is 3.69. The van der Waals surface area contributed by atoms with E-state index >= 15 is 0 Å². The maximum absolute atomic E-state index is 12.3. The molecule has 0 aliphatic carbocycles. The number of hydrogen-bond acceptors (Lipinski definition) is 5. The molecule has 1 aliphatic rings. The average molecular weight is 306 g/mol. The van der Waals surface area contributed by atoms with Crippen LogP contribution in [0.15, 0.2) is 18.2 Å². The summed E-state index contributed by atoms with van der Waals surface area (Å²) in [5.74, 6) is 0.0944. The number of hydrogen-bond donors (Lipinski definition) is 3. The van der Waals surface area contributed by atoms with Crippen molar-refractivity contribution in [3.05, 3.63) is 23.8 Å². The molecular weight excluding hydrogens is 292 g/mol. The van der Waals surface area contributed by atoms with Crippen molar-refractivity contribution in [3.63, 3.8) is 0 Å². The normalized spacial score (nSPS) is 17.5. The van der Waals surface area contributed by atoms with Crippen LogP contribution in [0.2, 0.25) is 0 Å². The Balaban J connectivity index is 1.85. The van der Waals surface area contributed by atoms with Crippen molar-refractivity contribution in [1.82, 2.24) is 20.7 Å². The molecule has 7 nitrogen and oxygen atoms in total. The van der Waals surface area contributed by atoms with Gasteiger partial charge in [0.1, 0.15) is 16.6 Å². The van der Waals surface area contributed by atoms with Crippen LogP contribution in [-0.4, -0.2) is 49.4 Å². The van der Waals surface area contributed by atoms with Crippen LogP contribution in [0, 0.1) is 0 Å². The Morgan fingerprint density at radius 2 is 1.95 bits per heavy atom. The molecule has 0 spiro atoms. The molecule has 3 N–H and O–H groups in total. The SMILES string of the molecule is O=C(NC1(C(=O)O)CCSCC1)c1ccc2n[nH]nc2c1. The summed E-state index contributed by atoms with van der Waals surface area (Å²) >= 11 is 1.70. The zero-order chi connectivity index (χ0) is 14.9. The van der Waals surface area contributed by atoms with Crippen molar-refractivity contribution >= 4 is 34.7 Å². The van der Waals surface area contributed by atoms with E-state index in [-0.39, 0.29) is 0 Å². The highest BCUT2D eigenvalue weighted by Crippen LogP contribution is 2.28. The second-order valence-corrected chi connectivity index (χ2v) is 6.21. The first-order chi connectivity index (χ1) is 10.1. The van der Waals surface area contributed by atoms with Gasteiger partial charge in [0.2, 0.25) is 0 Å². The topological polar surface area (TPSA) is 108 Å². The minimum absolute atomic E-state index is 0.384. The molecule has 1 amide bonds. The number of nitrogens with zero attached hydrogens (tertiary/aromatic N) is 2. The Hall–Kier alpha value is -2.09. The van der Waals surface area contributed by atoms with Crippen LogP contribution in [0.3, 0.4) is 0 Å².